The molecule has 15 heteroatoms. The molecule has 1 aliphatic heterocycles. The first-order chi connectivity index (χ1) is 26.6. The summed E-state index contributed by atoms with van der Waals surface area (Å²) >= 11 is 0. The summed E-state index contributed by atoms with van der Waals surface area (Å²) in [5.74, 6) is -3.15. The van der Waals surface area contributed by atoms with Crippen LogP contribution in [0.3, 0.4) is 0 Å². The smallest absolute Gasteiger partial charge is 0.405 e. The molecular formula is C41H56N4O11. The minimum atomic E-state index is -1.02. The van der Waals surface area contributed by atoms with Crippen LogP contribution in [0.4, 0.5) is 4.79 Å². The van der Waals surface area contributed by atoms with Gasteiger partial charge in [0.05, 0.1) is 23.6 Å². The Balaban J connectivity index is 1.79. The van der Waals surface area contributed by atoms with Crippen LogP contribution >= 0.6 is 0 Å². The number of ketones is 2. The number of phenolic OH excluding ortho intramolecular Hbond substituents is 2. The topological polar surface area (TPSA) is 236 Å². The lowest BCUT2D eigenvalue weighted by Crippen LogP contribution is -2.38. The molecule has 1 heterocycles. The largest absolute Gasteiger partial charge is 0.508 e. The van der Waals surface area contributed by atoms with Crippen molar-refractivity contribution in [2.75, 3.05) is 27.3 Å². The lowest BCUT2D eigenvalue weighted by Gasteiger charge is -2.30. The van der Waals surface area contributed by atoms with Crippen molar-refractivity contribution in [2.24, 2.45) is 17.6 Å². The molecule has 56 heavy (non-hydrogen) atoms. The number of aliphatic hydroxyl groups is 1. The number of hydrogen-bond donors (Lipinski definition) is 7. The second-order valence-corrected chi connectivity index (χ2v) is 14.3. The Bertz CT molecular complexity index is 1740. The van der Waals surface area contributed by atoms with E-state index in [4.69, 9.17) is 19.9 Å². The number of methoxy groups -OCH3 is 2. The molecule has 0 spiro atoms. The zero-order valence-corrected chi connectivity index (χ0v) is 32.9. The first-order valence-corrected chi connectivity index (χ1v) is 18.7. The van der Waals surface area contributed by atoms with Crippen LogP contribution < -0.4 is 21.7 Å². The summed E-state index contributed by atoms with van der Waals surface area (Å²) in [6, 6.07) is 3.67. The molecule has 0 saturated heterocycles. The van der Waals surface area contributed by atoms with Gasteiger partial charge >= 0.3 is 6.09 Å². The predicted molar refractivity (Wildman–Crippen MR) is 208 cm³/mol. The Kier molecular flexibility index (Phi) is 17.5. The van der Waals surface area contributed by atoms with Crippen molar-refractivity contribution in [2.45, 2.75) is 90.6 Å². The molecule has 306 valence electrons. The highest BCUT2D eigenvalue weighted by molar-refractivity contribution is 6.23. The number of Topliss-reactive ketones (excluding diaryl/α,β-unsaturated/α-hetero) is 1. The number of unbranched alkanes of at least 4 members (excludes halogenated alkanes) is 3. The van der Waals surface area contributed by atoms with E-state index >= 15 is 0 Å². The lowest BCUT2D eigenvalue weighted by molar-refractivity contribution is -0.120. The number of benzene rings is 1. The minimum Gasteiger partial charge on any atom is -0.508 e. The monoisotopic (exact) mass is 780 g/mol. The van der Waals surface area contributed by atoms with E-state index in [0.29, 0.717) is 37.9 Å². The summed E-state index contributed by atoms with van der Waals surface area (Å²) < 4.78 is 16.7. The summed E-state index contributed by atoms with van der Waals surface area (Å²) in [6.07, 6.45) is 6.33. The van der Waals surface area contributed by atoms with E-state index in [1.165, 1.54) is 45.4 Å². The molecule has 0 aromatic heterocycles. The van der Waals surface area contributed by atoms with Crippen molar-refractivity contribution >= 4 is 29.5 Å². The van der Waals surface area contributed by atoms with Gasteiger partial charge in [0.25, 0.3) is 11.8 Å². The molecule has 3 amide bonds. The maximum absolute atomic E-state index is 13.9. The van der Waals surface area contributed by atoms with Gasteiger partial charge in [-0.05, 0) is 63.2 Å². The first kappa shape index (κ1) is 45.1. The summed E-state index contributed by atoms with van der Waals surface area (Å²) in [5.41, 5.74) is 6.51. The summed E-state index contributed by atoms with van der Waals surface area (Å²) in [5, 5.41) is 39.1. The van der Waals surface area contributed by atoms with Crippen molar-refractivity contribution in [3.63, 3.8) is 0 Å². The molecule has 2 aliphatic rings. The molecule has 2 bridgehead atoms. The third-order valence-electron chi connectivity index (χ3n) is 9.65. The van der Waals surface area contributed by atoms with Crippen LogP contribution in [-0.4, -0.2) is 96.5 Å². The zero-order valence-electron chi connectivity index (χ0n) is 32.9. The molecule has 1 aromatic rings. The standard InChI is InChI=1S/C41H56N4O11/c1-23-16-30-35(43-14-9-7-8-10-15-44-40(52)27-19-28(46)21-29(47)20-27)32(48)22-31(37(30)50)45-39(51)24(2)12-11-13-33(54-5)38(56-41(42)53)26(4)18-25(3)36(49)34(17-23)55-6/h11-13,18-23,25,33-34,36,38,43,46-47,49H,7-10,14-17H2,1-6H3,(H2,42,53)(H,44,52)(H,45,51)/b13-11-,24-12+,26-18+/t23-,25+,33+,34+,36-,38+/m1/s1. The number of phenols is 2. The average molecular weight is 781 g/mol. The first-order valence-electron chi connectivity index (χ1n) is 18.7. The highest BCUT2D eigenvalue weighted by Crippen LogP contribution is 2.29. The van der Waals surface area contributed by atoms with Gasteiger partial charge in [-0.3, -0.25) is 19.2 Å². The van der Waals surface area contributed by atoms with Gasteiger partial charge in [-0.1, -0.05) is 51.0 Å². The maximum atomic E-state index is 13.9. The van der Waals surface area contributed by atoms with Gasteiger partial charge in [-0.25, -0.2) is 4.79 Å². The number of ether oxygens (including phenoxy) is 3. The summed E-state index contributed by atoms with van der Waals surface area (Å²) in [4.78, 5) is 64.9. The van der Waals surface area contributed by atoms with Crippen LogP contribution in [0.15, 0.2) is 76.7 Å². The van der Waals surface area contributed by atoms with Gasteiger partial charge in [-0.15, -0.1) is 0 Å². The quantitative estimate of drug-likeness (QED) is 0.0913. The third kappa shape index (κ3) is 13.2. The van der Waals surface area contributed by atoms with Gasteiger partial charge in [0, 0.05) is 62.1 Å². The molecule has 1 aromatic carbocycles. The number of primary amides is 1. The van der Waals surface area contributed by atoms with Crippen LogP contribution in [0.1, 0.15) is 76.6 Å². The summed E-state index contributed by atoms with van der Waals surface area (Å²) in [7, 11) is 2.90. The van der Waals surface area contributed by atoms with Gasteiger partial charge in [0.15, 0.2) is 6.10 Å². The fraction of sp³-hybridized carbons (Fsp3) is 0.488. The number of allylic oxidation sites excluding steroid dienone is 4. The van der Waals surface area contributed by atoms with Crippen molar-refractivity contribution < 1.29 is 53.5 Å². The molecule has 0 radical (unpaired) electrons. The Labute approximate surface area is 327 Å². The molecule has 6 atom stereocenters. The number of aromatic hydroxyl groups is 2. The second-order valence-electron chi connectivity index (χ2n) is 14.3. The molecule has 8 N–H and O–H groups in total. The lowest BCUT2D eigenvalue weighted by atomic mass is 9.85. The van der Waals surface area contributed by atoms with Gasteiger partial charge in [0.1, 0.15) is 17.6 Å². The number of hydrogen-bond acceptors (Lipinski definition) is 12. The van der Waals surface area contributed by atoms with E-state index in [0.717, 1.165) is 25.0 Å². The molecule has 0 unspecified atom stereocenters. The van der Waals surface area contributed by atoms with Crippen LogP contribution in [0.25, 0.3) is 0 Å². The maximum Gasteiger partial charge on any atom is 0.405 e. The molecule has 3 rings (SSSR count). The zero-order chi connectivity index (χ0) is 41.5. The van der Waals surface area contributed by atoms with Crippen LogP contribution in [-0.2, 0) is 28.6 Å². The number of aliphatic hydroxyl groups excluding tert-OH is 1. The number of carbonyl (C=O) groups is 5. The Morgan fingerprint density at radius 2 is 1.62 bits per heavy atom. The molecule has 15 nitrogen and oxygen atoms in total. The van der Waals surface area contributed by atoms with Crippen molar-refractivity contribution in [3.05, 3.63) is 82.3 Å². The van der Waals surface area contributed by atoms with Crippen LogP contribution in [0, 0.1) is 11.8 Å². The van der Waals surface area contributed by atoms with Crippen molar-refractivity contribution in [3.8, 4) is 11.5 Å². The number of fused-ring (bicyclic) bond motifs is 2. The Morgan fingerprint density at radius 3 is 2.25 bits per heavy atom. The SMILES string of the molecule is CO[C@H]1/C=C\C=C(/C)C(=O)NC2=CC(=O)C(NCCCCCCNC(=O)c3cc(O)cc(O)c3)=C(C[C@@H](C)C[C@H](OC)[C@H](O)[C@@H](C)/C=C(\C)[C@@H]1OC(N)=O)C2=O. The van der Waals surface area contributed by atoms with E-state index in [9.17, 15) is 39.3 Å². The minimum absolute atomic E-state index is 0.147. The van der Waals surface area contributed by atoms with Crippen molar-refractivity contribution in [1.82, 2.24) is 16.0 Å². The van der Waals surface area contributed by atoms with E-state index in [-0.39, 0.29) is 51.9 Å². The summed E-state index contributed by atoms with van der Waals surface area (Å²) in [6.45, 7) is 7.71. The van der Waals surface area contributed by atoms with Crippen molar-refractivity contribution in [1.29, 1.82) is 0 Å². The van der Waals surface area contributed by atoms with Gasteiger partial charge in [0.2, 0.25) is 11.6 Å². The van der Waals surface area contributed by atoms with Gasteiger partial charge < -0.3 is 51.2 Å². The van der Waals surface area contributed by atoms with Gasteiger partial charge in [-0.2, -0.15) is 0 Å². The fourth-order valence-electron chi connectivity index (χ4n) is 6.63. The van der Waals surface area contributed by atoms with E-state index in [1.54, 1.807) is 26.0 Å². The number of carbonyl (C=O) groups excluding carboxylic acids is 5. The highest BCUT2D eigenvalue weighted by Gasteiger charge is 2.33. The Hall–Kier alpha value is -5.25. The van der Waals surface area contributed by atoms with E-state index in [1.807, 2.05) is 6.92 Å². The average Bonchev–Trinajstić information content (AvgIpc) is 3.14. The van der Waals surface area contributed by atoms with Crippen LogP contribution in [0.2, 0.25) is 0 Å². The number of nitrogens with two attached hydrogens (primary N) is 1. The number of rotatable bonds is 12. The number of nitrogens with one attached hydrogen (secondary N) is 3. The number of amides is 3. The predicted octanol–water partition coefficient (Wildman–Crippen LogP) is 3.75. The normalized spacial score (nSPS) is 26.6. The Morgan fingerprint density at radius 1 is 0.964 bits per heavy atom. The highest BCUT2D eigenvalue weighted by atomic mass is 16.6. The molecule has 0 fully saturated rings. The van der Waals surface area contributed by atoms with E-state index < -0.39 is 59.8 Å². The van der Waals surface area contributed by atoms with Crippen LogP contribution in [0.5, 0.6) is 11.5 Å². The third-order valence-corrected chi connectivity index (χ3v) is 9.65. The molecule has 1 aliphatic carbocycles. The second kappa shape index (κ2) is 21.7. The fourth-order valence-corrected chi connectivity index (χ4v) is 6.63. The molecule has 0 saturated carbocycles. The molecular weight excluding hydrogens is 724 g/mol. The van der Waals surface area contributed by atoms with E-state index in [2.05, 4.69) is 16.0 Å².